The van der Waals surface area contributed by atoms with Crippen LogP contribution in [0.25, 0.3) is 0 Å². The van der Waals surface area contributed by atoms with Gasteiger partial charge in [-0.2, -0.15) is 13.6 Å². The second-order valence-corrected chi connectivity index (χ2v) is 7.37. The van der Waals surface area contributed by atoms with Crippen molar-refractivity contribution >= 4 is 22.2 Å². The van der Waals surface area contributed by atoms with Crippen LogP contribution in [-0.4, -0.2) is 44.6 Å². The molecule has 1 saturated heterocycles. The number of hydrogen-bond acceptors (Lipinski definition) is 8. The highest BCUT2D eigenvalue weighted by molar-refractivity contribution is 7.84. The van der Waals surface area contributed by atoms with Crippen LogP contribution in [0.2, 0.25) is 0 Å². The van der Waals surface area contributed by atoms with E-state index in [1.807, 2.05) is 4.90 Å². The largest absolute Gasteiger partial charge is 0.497 e. The predicted molar refractivity (Wildman–Crippen MR) is 97.4 cm³/mol. The summed E-state index contributed by atoms with van der Waals surface area (Å²) in [5, 5.41) is 4.93. The summed E-state index contributed by atoms with van der Waals surface area (Å²) in [7, 11) is -2.90. The molecule has 0 amide bonds. The molecule has 27 heavy (non-hydrogen) atoms. The van der Waals surface area contributed by atoms with E-state index in [0.717, 1.165) is 0 Å². The van der Waals surface area contributed by atoms with Gasteiger partial charge in [-0.05, 0) is 36.6 Å². The monoisotopic (exact) mass is 392 g/mol. The van der Waals surface area contributed by atoms with Gasteiger partial charge in [-0.3, -0.25) is 0 Å². The number of nitrogens with two attached hydrogens (primary N) is 1. The maximum absolute atomic E-state index is 12.8. The number of rotatable bonds is 5. The van der Waals surface area contributed by atoms with E-state index < -0.39 is 21.7 Å². The van der Waals surface area contributed by atoms with E-state index in [1.54, 1.807) is 42.7 Å². The van der Waals surface area contributed by atoms with Gasteiger partial charge in [-0.25, -0.2) is 14.8 Å². The normalized spacial score (nSPS) is 16.6. The average Bonchev–Trinajstić information content (AvgIpc) is 2.67. The minimum Gasteiger partial charge on any atom is -0.497 e. The molecule has 0 unspecified atom stereocenters. The molecule has 0 bridgehead atoms. The Bertz CT molecular complexity index is 912. The summed E-state index contributed by atoms with van der Waals surface area (Å²) < 4.78 is 32.5. The number of nitrogens with zero attached hydrogens (tertiary/aromatic N) is 3. The van der Waals surface area contributed by atoms with Gasteiger partial charge in [-0.1, -0.05) is 12.1 Å². The molecule has 2 heterocycles. The first-order valence-electron chi connectivity index (χ1n) is 8.27. The summed E-state index contributed by atoms with van der Waals surface area (Å²) in [6, 6.07) is 8.67. The number of carbonyl (C=O) groups excluding carboxylic acids is 1. The van der Waals surface area contributed by atoms with Crippen LogP contribution in [0.5, 0.6) is 5.75 Å². The van der Waals surface area contributed by atoms with Crippen molar-refractivity contribution < 1.29 is 22.1 Å². The van der Waals surface area contributed by atoms with Gasteiger partial charge in [0.1, 0.15) is 5.75 Å². The van der Waals surface area contributed by atoms with Crippen molar-refractivity contribution in [2.24, 2.45) is 5.14 Å². The van der Waals surface area contributed by atoms with Crippen molar-refractivity contribution in [2.45, 2.75) is 18.3 Å². The predicted octanol–water partition coefficient (Wildman–Crippen LogP) is 0.770. The fraction of sp³-hybridized carbons (Fsp3) is 0.353. The van der Waals surface area contributed by atoms with Crippen LogP contribution in [0.3, 0.4) is 0 Å². The van der Waals surface area contributed by atoms with Crippen LogP contribution in [0.15, 0.2) is 42.7 Å². The third kappa shape index (κ3) is 4.17. The van der Waals surface area contributed by atoms with E-state index in [9.17, 15) is 13.2 Å². The molecule has 3 rings (SSSR count). The van der Waals surface area contributed by atoms with E-state index in [0.29, 0.717) is 43.2 Å². The first-order valence-corrected chi connectivity index (χ1v) is 9.74. The SMILES string of the molecule is COc1cccc(C2(C(=O)OS(N)(=O)=O)CCN(c3ncccn3)CC2)c1. The number of anilines is 1. The highest BCUT2D eigenvalue weighted by atomic mass is 32.2. The average molecular weight is 392 g/mol. The second-order valence-electron chi connectivity index (χ2n) is 6.21. The smallest absolute Gasteiger partial charge is 0.382 e. The third-order valence-corrected chi connectivity index (χ3v) is 5.04. The van der Waals surface area contributed by atoms with Crippen molar-refractivity contribution in [1.82, 2.24) is 9.97 Å². The van der Waals surface area contributed by atoms with Crippen molar-refractivity contribution in [3.63, 3.8) is 0 Å². The molecule has 0 atom stereocenters. The summed E-state index contributed by atoms with van der Waals surface area (Å²) in [6.45, 7) is 0.891. The lowest BCUT2D eigenvalue weighted by Gasteiger charge is -2.39. The molecule has 10 heteroatoms. The highest BCUT2D eigenvalue weighted by Crippen LogP contribution is 2.39. The zero-order chi connectivity index (χ0) is 19.5. The van der Waals surface area contributed by atoms with Crippen molar-refractivity contribution in [3.8, 4) is 5.75 Å². The first kappa shape index (κ1) is 19.1. The molecule has 1 aliphatic heterocycles. The Labute approximate surface area is 157 Å². The maximum Gasteiger partial charge on any atom is 0.382 e. The lowest BCUT2D eigenvalue weighted by Crippen LogP contribution is -2.49. The first-order chi connectivity index (χ1) is 12.8. The van der Waals surface area contributed by atoms with Gasteiger partial charge < -0.3 is 13.8 Å². The molecule has 2 N–H and O–H groups in total. The molecule has 144 valence electrons. The van der Waals surface area contributed by atoms with Gasteiger partial charge in [0, 0.05) is 25.5 Å². The quantitative estimate of drug-likeness (QED) is 0.791. The van der Waals surface area contributed by atoms with Crippen molar-refractivity contribution in [1.29, 1.82) is 0 Å². The third-order valence-electron chi connectivity index (χ3n) is 4.66. The molecule has 0 saturated carbocycles. The number of ether oxygens (including phenoxy) is 1. The minimum atomic E-state index is -4.42. The lowest BCUT2D eigenvalue weighted by molar-refractivity contribution is -0.141. The molecular weight excluding hydrogens is 372 g/mol. The van der Waals surface area contributed by atoms with Gasteiger partial charge in [-0.15, -0.1) is 0 Å². The molecule has 9 nitrogen and oxygen atoms in total. The van der Waals surface area contributed by atoms with Crippen LogP contribution >= 0.6 is 0 Å². The number of hydrogen-bond donors (Lipinski definition) is 1. The molecule has 0 aliphatic carbocycles. The van der Waals surface area contributed by atoms with Crippen LogP contribution in [0.4, 0.5) is 5.95 Å². The summed E-state index contributed by atoms with van der Waals surface area (Å²) >= 11 is 0. The fourth-order valence-electron chi connectivity index (χ4n) is 3.26. The molecule has 1 aromatic heterocycles. The maximum atomic E-state index is 12.8. The van der Waals surface area contributed by atoms with E-state index in [4.69, 9.17) is 9.88 Å². The standard InChI is InChI=1S/C17H20N4O5S/c1-25-14-5-2-4-13(12-14)17(15(22)26-27(18,23)24)6-10-21(11-7-17)16-19-8-3-9-20-16/h2-5,8-9,12H,6-7,10-11H2,1H3,(H2,18,23,24). The van der Waals surface area contributed by atoms with Gasteiger partial charge in [0.2, 0.25) is 5.95 Å². The van der Waals surface area contributed by atoms with Crippen LogP contribution in [0.1, 0.15) is 18.4 Å². The van der Waals surface area contributed by atoms with E-state index >= 15 is 0 Å². The molecule has 1 fully saturated rings. The van der Waals surface area contributed by atoms with Crippen LogP contribution < -0.4 is 14.8 Å². The van der Waals surface area contributed by atoms with Crippen molar-refractivity contribution in [3.05, 3.63) is 48.3 Å². The Hall–Kier alpha value is -2.72. The topological polar surface area (TPSA) is 125 Å². The Morgan fingerprint density at radius 1 is 1.19 bits per heavy atom. The zero-order valence-corrected chi connectivity index (χ0v) is 15.6. The van der Waals surface area contributed by atoms with Gasteiger partial charge in [0.15, 0.2) is 0 Å². The van der Waals surface area contributed by atoms with Gasteiger partial charge in [0.05, 0.1) is 12.5 Å². The minimum absolute atomic E-state index is 0.312. The van der Waals surface area contributed by atoms with Gasteiger partial charge >= 0.3 is 16.3 Å². The Morgan fingerprint density at radius 3 is 2.44 bits per heavy atom. The lowest BCUT2D eigenvalue weighted by atomic mass is 9.73. The summed E-state index contributed by atoms with van der Waals surface area (Å²) in [5.74, 6) is 0.215. The molecule has 0 radical (unpaired) electrons. The van der Waals surface area contributed by atoms with Gasteiger partial charge in [0.25, 0.3) is 0 Å². The summed E-state index contributed by atoms with van der Waals surface area (Å²) in [5.41, 5.74) is -0.546. The molecular formula is C17H20N4O5S. The second kappa shape index (κ2) is 7.49. The Balaban J connectivity index is 1.93. The number of methoxy groups -OCH3 is 1. The zero-order valence-electron chi connectivity index (χ0n) is 14.7. The number of aromatic nitrogens is 2. The van der Waals surface area contributed by atoms with E-state index in [1.165, 1.54) is 7.11 Å². The van der Waals surface area contributed by atoms with Crippen molar-refractivity contribution in [2.75, 3.05) is 25.1 Å². The Kier molecular flexibility index (Phi) is 5.29. The summed E-state index contributed by atoms with van der Waals surface area (Å²) in [4.78, 5) is 23.2. The number of piperidine rings is 1. The molecule has 1 aromatic carbocycles. The molecule has 0 spiro atoms. The molecule has 1 aliphatic rings. The van der Waals surface area contributed by atoms with Crippen LogP contribution in [-0.2, 0) is 24.7 Å². The highest BCUT2D eigenvalue weighted by Gasteiger charge is 2.46. The van der Waals surface area contributed by atoms with E-state index in [-0.39, 0.29) is 0 Å². The Morgan fingerprint density at radius 2 is 1.85 bits per heavy atom. The number of carbonyl (C=O) groups is 1. The van der Waals surface area contributed by atoms with E-state index in [2.05, 4.69) is 14.2 Å². The summed E-state index contributed by atoms with van der Waals surface area (Å²) in [6.07, 6.45) is 3.91. The molecule has 2 aromatic rings. The van der Waals surface area contributed by atoms with Crippen LogP contribution in [0, 0.1) is 0 Å². The number of benzene rings is 1. The fourth-order valence-corrected chi connectivity index (χ4v) is 3.63.